The fourth-order valence-electron chi connectivity index (χ4n) is 3.20. The van der Waals surface area contributed by atoms with E-state index in [0.717, 1.165) is 25.0 Å². The highest BCUT2D eigenvalue weighted by Gasteiger charge is 2.32. The van der Waals surface area contributed by atoms with Crippen LogP contribution >= 0.6 is 11.6 Å². The first-order chi connectivity index (χ1) is 12.3. The van der Waals surface area contributed by atoms with Gasteiger partial charge in [-0.05, 0) is 42.7 Å². The topological polar surface area (TPSA) is 38.8 Å². The van der Waals surface area contributed by atoms with Crippen LogP contribution in [0.15, 0.2) is 24.3 Å². The molecule has 8 heteroatoms. The number of nitrogens with zero attached hydrogens (tertiary/aromatic N) is 1. The molecule has 0 aromatic heterocycles. The van der Waals surface area contributed by atoms with Gasteiger partial charge in [0.2, 0.25) is 5.91 Å². The second kappa shape index (κ2) is 7.98. The molecule has 2 aliphatic heterocycles. The third kappa shape index (κ3) is 4.58. The Labute approximate surface area is 154 Å². The Hall–Kier alpha value is -1.57. The summed E-state index contributed by atoms with van der Waals surface area (Å²) in [5, 5.41) is 0.159. The molecule has 1 aromatic rings. The van der Waals surface area contributed by atoms with E-state index in [1.165, 1.54) is 18.2 Å². The molecule has 26 heavy (non-hydrogen) atoms. The van der Waals surface area contributed by atoms with Crippen LogP contribution in [0.5, 0.6) is 0 Å². The van der Waals surface area contributed by atoms with E-state index in [2.05, 4.69) is 0 Å². The maximum atomic E-state index is 12.8. The van der Waals surface area contributed by atoms with Crippen LogP contribution in [-0.4, -0.2) is 43.4 Å². The summed E-state index contributed by atoms with van der Waals surface area (Å²) in [6, 6.07) is 3.03. The van der Waals surface area contributed by atoms with Crippen LogP contribution in [-0.2, 0) is 20.4 Å². The lowest BCUT2D eigenvalue weighted by Gasteiger charge is -2.34. The van der Waals surface area contributed by atoms with Gasteiger partial charge in [-0.2, -0.15) is 13.2 Å². The van der Waals surface area contributed by atoms with E-state index in [0.29, 0.717) is 26.3 Å². The minimum absolute atomic E-state index is 0.112. The molecule has 0 bridgehead atoms. The summed E-state index contributed by atoms with van der Waals surface area (Å²) in [7, 11) is 0. The standard InChI is InChI=1S/C18H19ClF3NO3/c19-15-5-4-14(18(20,21)22)10-12(15)3-6-16(24)23-7-1-2-13(11-23)17-25-8-9-26-17/h3-6,10,13,17H,1-2,7-9,11H2/b6-3+. The Kier molecular flexibility index (Phi) is 5.89. The molecule has 0 N–H and O–H groups in total. The van der Waals surface area contributed by atoms with E-state index in [1.807, 2.05) is 0 Å². The number of ether oxygens (including phenoxy) is 2. The van der Waals surface area contributed by atoms with Gasteiger partial charge in [0, 0.05) is 30.1 Å². The Morgan fingerprint density at radius 2 is 2.00 bits per heavy atom. The Morgan fingerprint density at radius 3 is 2.69 bits per heavy atom. The summed E-state index contributed by atoms with van der Waals surface area (Å²) in [5.41, 5.74) is -0.645. The molecule has 2 fully saturated rings. The Bertz CT molecular complexity index is 687. The van der Waals surface area contributed by atoms with Gasteiger partial charge >= 0.3 is 6.18 Å². The zero-order valence-electron chi connectivity index (χ0n) is 14.0. The number of likely N-dealkylation sites (tertiary alicyclic amines) is 1. The maximum Gasteiger partial charge on any atom is 0.416 e. The summed E-state index contributed by atoms with van der Waals surface area (Å²) >= 11 is 5.95. The van der Waals surface area contributed by atoms with Crippen LogP contribution in [0.2, 0.25) is 5.02 Å². The van der Waals surface area contributed by atoms with Crippen LogP contribution < -0.4 is 0 Å². The minimum atomic E-state index is -4.46. The number of benzene rings is 1. The fraction of sp³-hybridized carbons (Fsp3) is 0.500. The lowest BCUT2D eigenvalue weighted by atomic mass is 9.97. The number of piperidine rings is 1. The summed E-state index contributed by atoms with van der Waals surface area (Å²) in [6.45, 7) is 2.22. The molecular formula is C18H19ClF3NO3. The minimum Gasteiger partial charge on any atom is -0.350 e. The highest BCUT2D eigenvalue weighted by molar-refractivity contribution is 6.32. The van der Waals surface area contributed by atoms with Gasteiger partial charge in [-0.3, -0.25) is 4.79 Å². The van der Waals surface area contributed by atoms with Crippen molar-refractivity contribution in [3.63, 3.8) is 0 Å². The van der Waals surface area contributed by atoms with Gasteiger partial charge in [0.05, 0.1) is 18.8 Å². The monoisotopic (exact) mass is 389 g/mol. The average molecular weight is 390 g/mol. The third-order valence-electron chi connectivity index (χ3n) is 4.53. The molecule has 2 heterocycles. The number of amides is 1. The van der Waals surface area contributed by atoms with Crippen LogP contribution in [0.1, 0.15) is 24.0 Å². The van der Waals surface area contributed by atoms with Crippen molar-refractivity contribution in [3.8, 4) is 0 Å². The predicted octanol–water partition coefficient (Wildman–Crippen LogP) is 3.98. The van der Waals surface area contributed by atoms with Gasteiger partial charge in [0.15, 0.2) is 6.29 Å². The van der Waals surface area contributed by atoms with Gasteiger partial charge in [0.25, 0.3) is 0 Å². The molecular weight excluding hydrogens is 371 g/mol. The maximum absolute atomic E-state index is 12.8. The number of rotatable bonds is 3. The molecule has 142 valence electrons. The number of alkyl halides is 3. The lowest BCUT2D eigenvalue weighted by molar-refractivity contribution is -0.137. The summed E-state index contributed by atoms with van der Waals surface area (Å²) in [5.74, 6) is -0.151. The molecule has 4 nitrogen and oxygen atoms in total. The highest BCUT2D eigenvalue weighted by atomic mass is 35.5. The molecule has 0 aliphatic carbocycles. The summed E-state index contributed by atoms with van der Waals surface area (Å²) < 4.78 is 49.5. The van der Waals surface area contributed by atoms with Crippen molar-refractivity contribution < 1.29 is 27.4 Å². The Balaban J connectivity index is 1.67. The number of carbonyl (C=O) groups is 1. The van der Waals surface area contributed by atoms with Crippen molar-refractivity contribution in [3.05, 3.63) is 40.4 Å². The van der Waals surface area contributed by atoms with Crippen molar-refractivity contribution in [2.75, 3.05) is 26.3 Å². The molecule has 1 amide bonds. The van der Waals surface area contributed by atoms with Crippen LogP contribution in [0, 0.1) is 5.92 Å². The molecule has 2 aliphatic rings. The zero-order chi connectivity index (χ0) is 18.7. The fourth-order valence-corrected chi connectivity index (χ4v) is 3.38. The second-order valence-corrected chi connectivity index (χ2v) is 6.77. The first-order valence-electron chi connectivity index (χ1n) is 8.41. The van der Waals surface area contributed by atoms with Crippen molar-refractivity contribution in [2.24, 2.45) is 5.92 Å². The zero-order valence-corrected chi connectivity index (χ0v) is 14.7. The molecule has 2 saturated heterocycles. The normalized spacial score (nSPS) is 22.3. The molecule has 0 radical (unpaired) electrons. The van der Waals surface area contributed by atoms with E-state index in [1.54, 1.807) is 4.90 Å². The SMILES string of the molecule is O=C(/C=C/c1cc(C(F)(F)F)ccc1Cl)N1CCCC(C2OCCO2)C1. The van der Waals surface area contributed by atoms with Gasteiger partial charge < -0.3 is 14.4 Å². The van der Waals surface area contributed by atoms with Crippen LogP contribution in [0.3, 0.4) is 0 Å². The number of hydrogen-bond donors (Lipinski definition) is 0. The summed E-state index contributed by atoms with van der Waals surface area (Å²) in [4.78, 5) is 14.1. The van der Waals surface area contributed by atoms with E-state index in [-0.39, 0.29) is 28.7 Å². The van der Waals surface area contributed by atoms with Gasteiger partial charge in [0.1, 0.15) is 0 Å². The van der Waals surface area contributed by atoms with Gasteiger partial charge in [-0.25, -0.2) is 0 Å². The van der Waals surface area contributed by atoms with Crippen molar-refractivity contribution in [1.82, 2.24) is 4.90 Å². The van der Waals surface area contributed by atoms with Gasteiger partial charge in [-0.15, -0.1) is 0 Å². The second-order valence-electron chi connectivity index (χ2n) is 6.36. The first kappa shape index (κ1) is 19.2. The van der Waals surface area contributed by atoms with Crippen molar-refractivity contribution in [2.45, 2.75) is 25.3 Å². The third-order valence-corrected chi connectivity index (χ3v) is 4.87. The van der Waals surface area contributed by atoms with E-state index < -0.39 is 11.7 Å². The van der Waals surface area contributed by atoms with Crippen molar-refractivity contribution in [1.29, 1.82) is 0 Å². The average Bonchev–Trinajstić information content (AvgIpc) is 3.14. The predicted molar refractivity (Wildman–Crippen MR) is 90.5 cm³/mol. The molecule has 0 saturated carbocycles. The van der Waals surface area contributed by atoms with Crippen LogP contribution in [0.25, 0.3) is 6.08 Å². The van der Waals surface area contributed by atoms with E-state index in [4.69, 9.17) is 21.1 Å². The molecule has 1 atom stereocenters. The number of hydrogen-bond acceptors (Lipinski definition) is 3. The number of carbonyl (C=O) groups excluding carboxylic acids is 1. The lowest BCUT2D eigenvalue weighted by Crippen LogP contribution is -2.43. The van der Waals surface area contributed by atoms with Gasteiger partial charge in [-0.1, -0.05) is 11.6 Å². The molecule has 3 rings (SSSR count). The molecule has 1 unspecified atom stereocenters. The molecule has 1 aromatic carbocycles. The van der Waals surface area contributed by atoms with Crippen molar-refractivity contribution >= 4 is 23.6 Å². The van der Waals surface area contributed by atoms with Crippen LogP contribution in [0.4, 0.5) is 13.2 Å². The number of halogens is 4. The molecule has 0 spiro atoms. The quantitative estimate of drug-likeness (QED) is 0.734. The Morgan fingerprint density at radius 1 is 1.27 bits per heavy atom. The van der Waals surface area contributed by atoms with E-state index in [9.17, 15) is 18.0 Å². The van der Waals surface area contributed by atoms with E-state index >= 15 is 0 Å². The highest BCUT2D eigenvalue weighted by Crippen LogP contribution is 2.32. The smallest absolute Gasteiger partial charge is 0.350 e. The first-order valence-corrected chi connectivity index (χ1v) is 8.79. The summed E-state index contributed by atoms with van der Waals surface area (Å²) in [6.07, 6.45) is -0.410. The largest absolute Gasteiger partial charge is 0.416 e.